The van der Waals surface area contributed by atoms with Crippen LogP contribution in [0.3, 0.4) is 0 Å². The molecule has 0 N–H and O–H groups in total. The minimum atomic E-state index is -0.409. The standard InChI is InChI=1S/C12H14O3/c1-3-10(2)12(13)15-9-14-11-7-5-4-6-8-11/h4-8H,2-3,9H2,1H3. The van der Waals surface area contributed by atoms with Gasteiger partial charge in [-0.25, -0.2) is 4.79 Å². The largest absolute Gasteiger partial charge is 0.457 e. The van der Waals surface area contributed by atoms with E-state index < -0.39 is 5.97 Å². The number of ether oxygens (including phenoxy) is 2. The summed E-state index contributed by atoms with van der Waals surface area (Å²) in [5.41, 5.74) is 0.451. The maximum Gasteiger partial charge on any atom is 0.336 e. The molecule has 1 aromatic rings. The van der Waals surface area contributed by atoms with Crippen molar-refractivity contribution >= 4 is 5.97 Å². The average molecular weight is 206 g/mol. The smallest absolute Gasteiger partial charge is 0.336 e. The number of benzene rings is 1. The van der Waals surface area contributed by atoms with Crippen LogP contribution in [-0.2, 0) is 9.53 Å². The molecular formula is C12H14O3. The first kappa shape index (κ1) is 11.3. The summed E-state index contributed by atoms with van der Waals surface area (Å²) in [7, 11) is 0. The van der Waals surface area contributed by atoms with Crippen LogP contribution in [0, 0.1) is 0 Å². The number of hydrogen-bond acceptors (Lipinski definition) is 3. The van der Waals surface area contributed by atoms with Crippen molar-refractivity contribution < 1.29 is 14.3 Å². The predicted octanol–water partition coefficient (Wildman–Crippen LogP) is 2.53. The summed E-state index contributed by atoms with van der Waals surface area (Å²) in [4.78, 5) is 11.2. The first-order valence-corrected chi connectivity index (χ1v) is 4.76. The second-order valence-electron chi connectivity index (χ2n) is 2.96. The maximum absolute atomic E-state index is 11.2. The molecule has 3 heteroatoms. The summed E-state index contributed by atoms with van der Waals surface area (Å²) >= 11 is 0. The monoisotopic (exact) mass is 206 g/mol. The first-order chi connectivity index (χ1) is 7.24. The van der Waals surface area contributed by atoms with Crippen LogP contribution >= 0.6 is 0 Å². The van der Waals surface area contributed by atoms with Crippen LogP contribution in [-0.4, -0.2) is 12.8 Å². The molecule has 0 fully saturated rings. The fourth-order valence-electron chi connectivity index (χ4n) is 0.914. The third-order valence-corrected chi connectivity index (χ3v) is 1.87. The van der Waals surface area contributed by atoms with Gasteiger partial charge >= 0.3 is 5.97 Å². The van der Waals surface area contributed by atoms with Crippen molar-refractivity contribution in [3.05, 3.63) is 42.5 Å². The van der Waals surface area contributed by atoms with Crippen molar-refractivity contribution in [1.29, 1.82) is 0 Å². The van der Waals surface area contributed by atoms with Crippen LogP contribution in [0.25, 0.3) is 0 Å². The molecule has 0 unspecified atom stereocenters. The molecular weight excluding hydrogens is 192 g/mol. The van der Waals surface area contributed by atoms with Crippen molar-refractivity contribution in [2.24, 2.45) is 0 Å². The van der Waals surface area contributed by atoms with Crippen LogP contribution in [0.1, 0.15) is 13.3 Å². The number of carbonyl (C=O) groups excluding carboxylic acids is 1. The number of rotatable bonds is 5. The van der Waals surface area contributed by atoms with Crippen molar-refractivity contribution in [1.82, 2.24) is 0 Å². The lowest BCUT2D eigenvalue weighted by molar-refractivity contribution is -0.145. The van der Waals surface area contributed by atoms with Gasteiger partial charge in [-0.15, -0.1) is 0 Å². The second kappa shape index (κ2) is 5.86. The summed E-state index contributed by atoms with van der Waals surface area (Å²) in [6.45, 7) is 5.34. The van der Waals surface area contributed by atoms with Crippen LogP contribution in [0.4, 0.5) is 0 Å². The fraction of sp³-hybridized carbons (Fsp3) is 0.250. The SMILES string of the molecule is C=C(CC)C(=O)OCOc1ccccc1. The van der Waals surface area contributed by atoms with Gasteiger partial charge in [0.15, 0.2) is 0 Å². The van der Waals surface area contributed by atoms with Gasteiger partial charge in [0, 0.05) is 5.57 Å². The van der Waals surface area contributed by atoms with Gasteiger partial charge in [-0.2, -0.15) is 0 Å². The van der Waals surface area contributed by atoms with E-state index in [-0.39, 0.29) is 6.79 Å². The molecule has 0 bridgehead atoms. The normalized spacial score (nSPS) is 9.40. The molecule has 0 radical (unpaired) electrons. The van der Waals surface area contributed by atoms with Crippen molar-refractivity contribution in [2.45, 2.75) is 13.3 Å². The molecule has 80 valence electrons. The Morgan fingerprint density at radius 2 is 2.00 bits per heavy atom. The Hall–Kier alpha value is -1.77. The van der Waals surface area contributed by atoms with Crippen LogP contribution in [0.2, 0.25) is 0 Å². The highest BCUT2D eigenvalue weighted by molar-refractivity contribution is 5.87. The molecule has 1 aromatic carbocycles. The van der Waals surface area contributed by atoms with Gasteiger partial charge in [-0.1, -0.05) is 31.7 Å². The minimum Gasteiger partial charge on any atom is -0.457 e. The lowest BCUT2D eigenvalue weighted by Gasteiger charge is -2.07. The molecule has 1 rings (SSSR count). The molecule has 0 spiro atoms. The third-order valence-electron chi connectivity index (χ3n) is 1.87. The molecule has 0 heterocycles. The molecule has 3 nitrogen and oxygen atoms in total. The molecule has 0 aromatic heterocycles. The Kier molecular flexibility index (Phi) is 4.41. The van der Waals surface area contributed by atoms with Gasteiger partial charge in [-0.3, -0.25) is 0 Å². The number of para-hydroxylation sites is 1. The number of hydrogen-bond donors (Lipinski definition) is 0. The van der Waals surface area contributed by atoms with E-state index in [1.54, 1.807) is 12.1 Å². The Morgan fingerprint density at radius 1 is 1.33 bits per heavy atom. The van der Waals surface area contributed by atoms with Crippen molar-refractivity contribution in [3.63, 3.8) is 0 Å². The maximum atomic E-state index is 11.2. The minimum absolute atomic E-state index is 0.0815. The van der Waals surface area contributed by atoms with Crippen LogP contribution in [0.5, 0.6) is 5.75 Å². The quantitative estimate of drug-likeness (QED) is 0.422. The molecule has 15 heavy (non-hydrogen) atoms. The number of esters is 1. The Balaban J connectivity index is 2.28. The van der Waals surface area contributed by atoms with Gasteiger partial charge < -0.3 is 9.47 Å². The highest BCUT2D eigenvalue weighted by Crippen LogP contribution is 2.08. The first-order valence-electron chi connectivity index (χ1n) is 4.76. The zero-order chi connectivity index (χ0) is 11.1. The van der Waals surface area contributed by atoms with Gasteiger partial charge in [-0.05, 0) is 18.6 Å². The Labute approximate surface area is 89.3 Å². The summed E-state index contributed by atoms with van der Waals surface area (Å²) < 4.78 is 10.0. The van der Waals surface area contributed by atoms with E-state index >= 15 is 0 Å². The lowest BCUT2D eigenvalue weighted by Crippen LogP contribution is -2.11. The summed E-state index contributed by atoms with van der Waals surface area (Å²) in [6, 6.07) is 9.17. The molecule has 0 saturated heterocycles. The average Bonchev–Trinajstić information content (AvgIpc) is 2.29. The molecule has 0 atom stereocenters. The molecule has 0 saturated carbocycles. The third kappa shape index (κ3) is 3.85. The van der Waals surface area contributed by atoms with E-state index in [1.165, 1.54) is 0 Å². The van der Waals surface area contributed by atoms with Gasteiger partial charge in [0.25, 0.3) is 0 Å². The fourth-order valence-corrected chi connectivity index (χ4v) is 0.914. The topological polar surface area (TPSA) is 35.5 Å². The predicted molar refractivity (Wildman–Crippen MR) is 57.5 cm³/mol. The summed E-state index contributed by atoms with van der Waals surface area (Å²) in [5, 5.41) is 0. The van der Waals surface area contributed by atoms with Gasteiger partial charge in [0.05, 0.1) is 0 Å². The van der Waals surface area contributed by atoms with Crippen LogP contribution < -0.4 is 4.74 Å². The molecule has 0 aliphatic rings. The van der Waals surface area contributed by atoms with E-state index in [9.17, 15) is 4.79 Å². The van der Waals surface area contributed by atoms with E-state index in [2.05, 4.69) is 6.58 Å². The van der Waals surface area contributed by atoms with Crippen LogP contribution in [0.15, 0.2) is 42.5 Å². The Morgan fingerprint density at radius 3 is 2.60 bits per heavy atom. The van der Waals surface area contributed by atoms with E-state index in [1.807, 2.05) is 25.1 Å². The highest BCUT2D eigenvalue weighted by atomic mass is 16.7. The second-order valence-corrected chi connectivity index (χ2v) is 2.96. The van der Waals surface area contributed by atoms with Gasteiger partial charge in [0.1, 0.15) is 5.75 Å². The molecule has 0 aliphatic heterocycles. The summed E-state index contributed by atoms with van der Waals surface area (Å²) in [6.07, 6.45) is 0.587. The van der Waals surface area contributed by atoms with Crippen molar-refractivity contribution in [2.75, 3.05) is 6.79 Å². The highest BCUT2D eigenvalue weighted by Gasteiger charge is 2.05. The van der Waals surface area contributed by atoms with E-state index in [0.29, 0.717) is 17.7 Å². The molecule has 0 amide bonds. The van der Waals surface area contributed by atoms with Crippen molar-refractivity contribution in [3.8, 4) is 5.75 Å². The van der Waals surface area contributed by atoms with E-state index in [0.717, 1.165) is 0 Å². The zero-order valence-electron chi connectivity index (χ0n) is 8.73. The van der Waals surface area contributed by atoms with E-state index in [4.69, 9.17) is 9.47 Å². The Bertz CT molecular complexity index is 330. The molecule has 0 aliphatic carbocycles. The van der Waals surface area contributed by atoms with Gasteiger partial charge in [0.2, 0.25) is 6.79 Å². The number of carbonyl (C=O) groups is 1. The zero-order valence-corrected chi connectivity index (χ0v) is 8.73. The lowest BCUT2D eigenvalue weighted by atomic mass is 10.2. The summed E-state index contributed by atoms with van der Waals surface area (Å²) in [5.74, 6) is 0.265.